The molecule has 2 rings (SSSR count). The largest absolute Gasteiger partial charge is 0.352 e. The number of sulfone groups is 1. The lowest BCUT2D eigenvalue weighted by molar-refractivity contribution is 0.0948. The van der Waals surface area contributed by atoms with Gasteiger partial charge in [-0.05, 0) is 24.5 Å². The zero-order valence-corrected chi connectivity index (χ0v) is 11.2. The van der Waals surface area contributed by atoms with Crippen LogP contribution in [-0.4, -0.2) is 37.4 Å². The van der Waals surface area contributed by atoms with Gasteiger partial charge < -0.3 is 5.32 Å². The summed E-state index contributed by atoms with van der Waals surface area (Å²) in [5, 5.41) is 2.84. The summed E-state index contributed by atoms with van der Waals surface area (Å²) < 4.78 is 22.5. The van der Waals surface area contributed by atoms with E-state index < -0.39 is 9.84 Å². The van der Waals surface area contributed by atoms with Crippen molar-refractivity contribution >= 4 is 27.3 Å². The van der Waals surface area contributed by atoms with Gasteiger partial charge in [0.2, 0.25) is 0 Å². The van der Waals surface area contributed by atoms with Crippen LogP contribution < -0.4 is 5.32 Å². The number of halogens is 1. The maximum atomic E-state index is 11.8. The van der Waals surface area contributed by atoms with Crippen molar-refractivity contribution in [3.8, 4) is 0 Å². The maximum absolute atomic E-state index is 11.8. The summed E-state index contributed by atoms with van der Waals surface area (Å²) in [6.07, 6.45) is 2.10. The number of carbonyl (C=O) groups is 1. The second-order valence-corrected chi connectivity index (χ2v) is 6.91. The van der Waals surface area contributed by atoms with Gasteiger partial charge >= 0.3 is 0 Å². The predicted molar refractivity (Wildman–Crippen MR) is 68.3 cm³/mol. The van der Waals surface area contributed by atoms with Crippen molar-refractivity contribution in [2.24, 2.45) is 5.92 Å². The summed E-state index contributed by atoms with van der Waals surface area (Å²) in [6.45, 7) is 0.350. The van der Waals surface area contributed by atoms with Gasteiger partial charge in [0, 0.05) is 12.7 Å². The first-order valence-electron chi connectivity index (χ1n) is 5.57. The van der Waals surface area contributed by atoms with E-state index in [0.29, 0.717) is 18.5 Å². The van der Waals surface area contributed by atoms with Gasteiger partial charge in [-0.1, -0.05) is 11.6 Å². The summed E-state index contributed by atoms with van der Waals surface area (Å²) in [5.74, 6) is 0.0293. The Labute approximate surface area is 110 Å². The first-order chi connectivity index (χ1) is 8.48. The van der Waals surface area contributed by atoms with Crippen molar-refractivity contribution in [3.63, 3.8) is 0 Å². The quantitative estimate of drug-likeness (QED) is 0.839. The molecule has 7 heteroatoms. The van der Waals surface area contributed by atoms with Crippen LogP contribution in [0.5, 0.6) is 0 Å². The molecule has 1 N–H and O–H groups in total. The first kappa shape index (κ1) is 13.3. The highest BCUT2D eigenvalue weighted by molar-refractivity contribution is 7.91. The number of hydrogen-bond donors (Lipinski definition) is 1. The third-order valence-electron chi connectivity index (χ3n) is 2.88. The lowest BCUT2D eigenvalue weighted by Crippen LogP contribution is -2.30. The monoisotopic (exact) mass is 288 g/mol. The molecule has 1 amide bonds. The van der Waals surface area contributed by atoms with Gasteiger partial charge in [-0.3, -0.25) is 4.79 Å². The van der Waals surface area contributed by atoms with Gasteiger partial charge in [0.15, 0.2) is 9.84 Å². The minimum absolute atomic E-state index is 0.00519. The minimum atomic E-state index is -2.91. The molecule has 1 fully saturated rings. The number of hydrogen-bond acceptors (Lipinski definition) is 4. The molecule has 1 aromatic heterocycles. The lowest BCUT2D eigenvalue weighted by atomic mass is 10.1. The second-order valence-electron chi connectivity index (χ2n) is 4.32. The zero-order chi connectivity index (χ0) is 13.2. The van der Waals surface area contributed by atoms with Crippen LogP contribution in [0.4, 0.5) is 0 Å². The molecule has 5 nitrogen and oxygen atoms in total. The molecule has 1 atom stereocenters. The number of amides is 1. The lowest BCUT2D eigenvalue weighted by Gasteiger charge is -2.09. The van der Waals surface area contributed by atoms with E-state index in [4.69, 9.17) is 11.6 Å². The van der Waals surface area contributed by atoms with Crippen LogP contribution in [-0.2, 0) is 9.84 Å². The highest BCUT2D eigenvalue weighted by Gasteiger charge is 2.28. The summed E-state index contributed by atoms with van der Waals surface area (Å²) in [5.41, 5.74) is 0.306. The number of pyridine rings is 1. The third-order valence-corrected chi connectivity index (χ3v) is 5.02. The molecule has 1 unspecified atom stereocenters. The van der Waals surface area contributed by atoms with E-state index in [1.54, 1.807) is 12.1 Å². The van der Waals surface area contributed by atoms with Crippen LogP contribution in [0.2, 0.25) is 5.15 Å². The normalized spacial score (nSPS) is 21.7. The van der Waals surface area contributed by atoms with Gasteiger partial charge in [0.05, 0.1) is 17.1 Å². The zero-order valence-electron chi connectivity index (χ0n) is 9.60. The van der Waals surface area contributed by atoms with E-state index in [1.807, 2.05) is 0 Å². The Morgan fingerprint density at radius 1 is 1.56 bits per heavy atom. The third kappa shape index (κ3) is 3.20. The van der Waals surface area contributed by atoms with E-state index in [1.165, 1.54) is 6.20 Å². The molecule has 1 aliphatic heterocycles. The number of aromatic nitrogens is 1. The molecule has 2 heterocycles. The Hall–Kier alpha value is -1.14. The fourth-order valence-electron chi connectivity index (χ4n) is 1.92. The fourth-order valence-corrected chi connectivity index (χ4v) is 3.99. The summed E-state index contributed by atoms with van der Waals surface area (Å²) in [4.78, 5) is 15.6. The molecule has 0 aliphatic carbocycles. The molecule has 0 saturated carbocycles. The molecule has 1 saturated heterocycles. The smallest absolute Gasteiger partial charge is 0.254 e. The van der Waals surface area contributed by atoms with Gasteiger partial charge in [-0.2, -0.15) is 0 Å². The Balaban J connectivity index is 1.92. The van der Waals surface area contributed by atoms with Gasteiger partial charge in [-0.25, -0.2) is 13.4 Å². The SMILES string of the molecule is O=C(NCC1CCS(=O)(=O)C1)c1cccnc1Cl. The molecule has 0 bridgehead atoms. The molecule has 1 aliphatic rings. The number of nitrogens with one attached hydrogen (secondary N) is 1. The van der Waals surface area contributed by atoms with E-state index in [9.17, 15) is 13.2 Å². The number of nitrogens with zero attached hydrogens (tertiary/aromatic N) is 1. The van der Waals surface area contributed by atoms with Crippen molar-refractivity contribution < 1.29 is 13.2 Å². The second kappa shape index (κ2) is 5.24. The summed E-state index contributed by atoms with van der Waals surface area (Å²) in [7, 11) is -2.91. The van der Waals surface area contributed by atoms with Crippen molar-refractivity contribution in [1.82, 2.24) is 10.3 Å². The first-order valence-corrected chi connectivity index (χ1v) is 7.77. The molecular formula is C11H13ClN2O3S. The van der Waals surface area contributed by atoms with Crippen LogP contribution in [0.15, 0.2) is 18.3 Å². The van der Waals surface area contributed by atoms with Crippen LogP contribution in [0, 0.1) is 5.92 Å². The summed E-state index contributed by atoms with van der Waals surface area (Å²) >= 11 is 5.79. The maximum Gasteiger partial charge on any atom is 0.254 e. The molecule has 0 spiro atoms. The van der Waals surface area contributed by atoms with Crippen molar-refractivity contribution in [3.05, 3.63) is 29.0 Å². The molecule has 1 aromatic rings. The molecule has 0 aromatic carbocycles. The average Bonchev–Trinajstić information content (AvgIpc) is 2.66. The van der Waals surface area contributed by atoms with Gasteiger partial charge in [0.1, 0.15) is 5.15 Å². The molecular weight excluding hydrogens is 276 g/mol. The highest BCUT2D eigenvalue weighted by Crippen LogP contribution is 2.18. The van der Waals surface area contributed by atoms with Crippen LogP contribution >= 0.6 is 11.6 Å². The van der Waals surface area contributed by atoms with E-state index in [2.05, 4.69) is 10.3 Å². The van der Waals surface area contributed by atoms with Crippen molar-refractivity contribution in [2.75, 3.05) is 18.1 Å². The van der Waals surface area contributed by atoms with Crippen molar-refractivity contribution in [1.29, 1.82) is 0 Å². The topological polar surface area (TPSA) is 76.1 Å². The van der Waals surface area contributed by atoms with Crippen LogP contribution in [0.25, 0.3) is 0 Å². The molecule has 98 valence electrons. The predicted octanol–water partition coefficient (Wildman–Crippen LogP) is 0.899. The van der Waals surface area contributed by atoms with E-state index in [-0.39, 0.29) is 28.5 Å². The number of rotatable bonds is 3. The standard InChI is InChI=1S/C11H13ClN2O3S/c12-10-9(2-1-4-13-10)11(15)14-6-8-3-5-18(16,17)7-8/h1-2,4,8H,3,5-7H2,(H,14,15). The van der Waals surface area contributed by atoms with Crippen LogP contribution in [0.1, 0.15) is 16.8 Å². The average molecular weight is 289 g/mol. The number of carbonyl (C=O) groups excluding carboxylic acids is 1. The van der Waals surface area contributed by atoms with E-state index >= 15 is 0 Å². The highest BCUT2D eigenvalue weighted by atomic mass is 35.5. The van der Waals surface area contributed by atoms with Gasteiger partial charge in [-0.15, -0.1) is 0 Å². The van der Waals surface area contributed by atoms with E-state index in [0.717, 1.165) is 0 Å². The van der Waals surface area contributed by atoms with Gasteiger partial charge in [0.25, 0.3) is 5.91 Å². The van der Waals surface area contributed by atoms with Crippen LogP contribution in [0.3, 0.4) is 0 Å². The Morgan fingerprint density at radius 3 is 2.94 bits per heavy atom. The summed E-state index contributed by atoms with van der Waals surface area (Å²) in [6, 6.07) is 3.21. The fraction of sp³-hybridized carbons (Fsp3) is 0.455. The minimum Gasteiger partial charge on any atom is -0.352 e. The van der Waals surface area contributed by atoms with Crippen molar-refractivity contribution in [2.45, 2.75) is 6.42 Å². The molecule has 18 heavy (non-hydrogen) atoms. The molecule has 0 radical (unpaired) electrons. The Kier molecular flexibility index (Phi) is 3.87. The Bertz CT molecular complexity index is 559. The Morgan fingerprint density at radius 2 is 2.33 bits per heavy atom.